The zero-order chi connectivity index (χ0) is 33.0. The number of unbranched alkanes of at least 4 members (excludes halogenated alkanes) is 6. The average Bonchev–Trinajstić information content (AvgIpc) is 3.63. The van der Waals surface area contributed by atoms with E-state index in [0.29, 0.717) is 0 Å². The molecule has 0 nitrogen and oxygen atoms in total. The molecule has 0 aliphatic rings. The first-order valence-electron chi connectivity index (χ1n) is 19.1. The Bertz CT molecular complexity index is 960. The van der Waals surface area contributed by atoms with Crippen LogP contribution >= 0.6 is 22.7 Å². The third-order valence-electron chi connectivity index (χ3n) is 10.3. The van der Waals surface area contributed by atoms with Gasteiger partial charge in [-0.25, -0.2) is 0 Å². The summed E-state index contributed by atoms with van der Waals surface area (Å²) in [5, 5.41) is 0. The maximum atomic E-state index is 2.93. The quantitative estimate of drug-likeness (QED) is 0.0976. The van der Waals surface area contributed by atoms with Crippen LogP contribution in [0.4, 0.5) is 0 Å². The Hall–Kier alpha value is 1.43. The van der Waals surface area contributed by atoms with Crippen molar-refractivity contribution in [3.63, 3.8) is 0 Å². The van der Waals surface area contributed by atoms with Gasteiger partial charge in [0.15, 0.2) is 0 Å². The van der Waals surface area contributed by atoms with Gasteiger partial charge in [0, 0.05) is 0 Å². The van der Waals surface area contributed by atoms with E-state index in [1.54, 1.807) is 26.6 Å². The van der Waals surface area contributed by atoms with Crippen LogP contribution in [0.15, 0.2) is 12.1 Å². The van der Waals surface area contributed by atoms with E-state index in [0.717, 1.165) is 0 Å². The summed E-state index contributed by atoms with van der Waals surface area (Å²) in [5.74, 6) is 0. The molecule has 2 aromatic rings. The van der Waals surface area contributed by atoms with Crippen LogP contribution in [0.25, 0.3) is 9.75 Å². The summed E-state index contributed by atoms with van der Waals surface area (Å²) >= 11 is -0.625. The fraction of sp³-hybridized carbons (Fsp3) is 0.789. The van der Waals surface area contributed by atoms with Crippen molar-refractivity contribution in [2.75, 3.05) is 0 Å². The van der Waals surface area contributed by atoms with Crippen molar-refractivity contribution >= 4 is 91.7 Å². The summed E-state index contributed by atoms with van der Waals surface area (Å²) in [6.07, 6.45) is 17.0. The van der Waals surface area contributed by atoms with Crippen molar-refractivity contribution in [2.24, 2.45) is 0 Å². The predicted octanol–water partition coefficient (Wildman–Crippen LogP) is 12.7. The Balaban J connectivity index is 3.08. The van der Waals surface area contributed by atoms with E-state index in [1.807, 2.05) is 25.9 Å². The van der Waals surface area contributed by atoms with Gasteiger partial charge in [0.2, 0.25) is 0 Å². The van der Waals surface area contributed by atoms with Crippen molar-refractivity contribution in [1.29, 1.82) is 0 Å². The Kier molecular flexibility index (Phi) is 18.5. The molecule has 0 N–H and O–H groups in total. The monoisotopic (exact) mass is 890 g/mol. The molecule has 0 spiro atoms. The number of rotatable bonds is 23. The van der Waals surface area contributed by atoms with Crippen LogP contribution in [0, 0.1) is 0 Å². The van der Waals surface area contributed by atoms with Gasteiger partial charge in [-0.2, -0.15) is 0 Å². The van der Waals surface area contributed by atoms with Gasteiger partial charge in [0.05, 0.1) is 0 Å². The zero-order valence-electron chi connectivity index (χ0n) is 31.7. The van der Waals surface area contributed by atoms with Crippen molar-refractivity contribution < 1.29 is 0 Å². The number of hydrogen-bond donors (Lipinski definition) is 0. The van der Waals surface area contributed by atoms with Crippen LogP contribution in [-0.4, -0.2) is 52.9 Å². The van der Waals surface area contributed by atoms with E-state index in [-0.39, 0.29) is 0 Å². The summed E-state index contributed by atoms with van der Waals surface area (Å²) in [6.45, 7) is 30.5. The summed E-state index contributed by atoms with van der Waals surface area (Å²) in [5.41, 5.74) is 0. The maximum absolute atomic E-state index is 2.93. The standard InChI is InChI=1S/C14H20S2Si2.6C4H9.2Sn/c1-17(2,3)13-9-7-11(15-13)12-8-10-14(16-12)18(4,5)6;6*1-3-4-2;;/h9-10H,1-6H3;6*1,3-4H2,2H3;;. The molecule has 0 aliphatic heterocycles. The molecule has 0 atom stereocenters. The van der Waals surface area contributed by atoms with E-state index in [1.165, 1.54) is 77.0 Å². The molecule has 0 aromatic carbocycles. The zero-order valence-corrected chi connectivity index (χ0v) is 41.0. The van der Waals surface area contributed by atoms with E-state index >= 15 is 0 Å². The molecular formula is C38H74S2Si2Sn2. The second-order valence-corrected chi connectivity index (χ2v) is 55.5. The van der Waals surface area contributed by atoms with Crippen molar-refractivity contribution in [3.8, 4) is 9.75 Å². The molecule has 0 saturated heterocycles. The van der Waals surface area contributed by atoms with Crippen LogP contribution in [0.3, 0.4) is 0 Å². The van der Waals surface area contributed by atoms with Crippen LogP contribution in [0.2, 0.25) is 65.9 Å². The van der Waals surface area contributed by atoms with Crippen LogP contribution < -0.4 is 16.2 Å². The molecule has 0 unspecified atom stereocenters. The van der Waals surface area contributed by atoms with E-state index in [2.05, 4.69) is 116 Å². The third-order valence-corrected chi connectivity index (χ3v) is 52.2. The molecule has 254 valence electrons. The van der Waals surface area contributed by atoms with Crippen molar-refractivity contribution in [3.05, 3.63) is 12.1 Å². The Labute approximate surface area is 295 Å². The molecule has 0 fully saturated rings. The summed E-state index contributed by atoms with van der Waals surface area (Å²) in [6, 6.07) is 5.87. The fourth-order valence-corrected chi connectivity index (χ4v) is 51.6. The Morgan fingerprint density at radius 1 is 0.432 bits per heavy atom. The van der Waals surface area contributed by atoms with Gasteiger partial charge in [-0.05, 0) is 0 Å². The van der Waals surface area contributed by atoms with E-state index in [9.17, 15) is 0 Å². The number of hydrogen-bond acceptors (Lipinski definition) is 2. The van der Waals surface area contributed by atoms with Gasteiger partial charge >= 0.3 is 298 Å². The average molecular weight is 889 g/mol. The first kappa shape index (κ1) is 41.6. The predicted molar refractivity (Wildman–Crippen MR) is 223 cm³/mol. The molecule has 6 heteroatoms. The van der Waals surface area contributed by atoms with Crippen LogP contribution in [0.1, 0.15) is 119 Å². The van der Waals surface area contributed by atoms with Gasteiger partial charge < -0.3 is 0 Å². The second kappa shape index (κ2) is 19.6. The summed E-state index contributed by atoms with van der Waals surface area (Å²) in [4.78, 5) is 3.74. The van der Waals surface area contributed by atoms with Gasteiger partial charge in [0.1, 0.15) is 0 Å². The summed E-state index contributed by atoms with van der Waals surface area (Å²) in [7, 11) is -2.85. The molecule has 0 aliphatic carbocycles. The van der Waals surface area contributed by atoms with Gasteiger partial charge in [0.25, 0.3) is 0 Å². The first-order chi connectivity index (χ1) is 20.8. The molecule has 0 saturated carbocycles. The van der Waals surface area contributed by atoms with Crippen LogP contribution in [0.5, 0.6) is 0 Å². The van der Waals surface area contributed by atoms with Gasteiger partial charge in [-0.1, -0.05) is 0 Å². The minimum absolute atomic E-state index is 1.37. The number of thiophene rings is 2. The van der Waals surface area contributed by atoms with Crippen molar-refractivity contribution in [2.45, 2.75) is 184 Å². The van der Waals surface area contributed by atoms with E-state index < -0.39 is 52.9 Å². The Morgan fingerprint density at radius 2 is 0.659 bits per heavy atom. The molecule has 2 aromatic heterocycles. The van der Waals surface area contributed by atoms with Gasteiger partial charge in [-0.15, -0.1) is 0 Å². The van der Waals surface area contributed by atoms with Crippen molar-refractivity contribution in [1.82, 2.24) is 0 Å². The molecule has 44 heavy (non-hydrogen) atoms. The third kappa shape index (κ3) is 11.2. The molecule has 0 radical (unpaired) electrons. The van der Waals surface area contributed by atoms with Gasteiger partial charge in [-0.3, -0.25) is 0 Å². The molecule has 2 rings (SSSR count). The Morgan fingerprint density at radius 3 is 0.841 bits per heavy atom. The SMILES string of the molecule is CCC[CH2][Sn]([CH2]CCC)([CH2]CCC)[c]1cc([Si](C)(C)C)sc1-c1sc([Si](C)(C)C)c[c]1[Sn]([CH2]CCC)([CH2]CCC)[CH2]CCC. The molecular weight excluding hydrogens is 814 g/mol. The first-order valence-corrected chi connectivity index (χ1v) is 42.7. The molecule has 0 amide bonds. The molecule has 2 heterocycles. The molecule has 0 bridgehead atoms. The fourth-order valence-electron chi connectivity index (χ4n) is 7.30. The minimum atomic E-state index is -2.66. The second-order valence-electron chi connectivity index (χ2n) is 16.4. The normalized spacial score (nSPS) is 13.3. The van der Waals surface area contributed by atoms with Crippen LogP contribution in [-0.2, 0) is 0 Å². The topological polar surface area (TPSA) is 0 Å². The summed E-state index contributed by atoms with van der Waals surface area (Å²) < 4.78 is 17.3. The van der Waals surface area contributed by atoms with E-state index in [4.69, 9.17) is 0 Å².